The average molecular weight is 274 g/mol. The van der Waals surface area contributed by atoms with E-state index in [1.54, 1.807) is 14.0 Å². The van der Waals surface area contributed by atoms with Gasteiger partial charge in [0, 0.05) is 17.3 Å². The maximum atomic E-state index is 11.8. The standard InChI is InChI=1S/C15H18N2O3/c1-10-4-5-14(20-3)12(6-10)13(18)8-17-9-16-11(2)7-15(17)19/h4-7,9,13,18H,8H2,1-3H3. The van der Waals surface area contributed by atoms with E-state index in [2.05, 4.69) is 4.98 Å². The highest BCUT2D eigenvalue weighted by atomic mass is 16.5. The fourth-order valence-electron chi connectivity index (χ4n) is 2.05. The lowest BCUT2D eigenvalue weighted by molar-refractivity contribution is 0.150. The molecular weight excluding hydrogens is 256 g/mol. The highest BCUT2D eigenvalue weighted by Gasteiger charge is 2.15. The van der Waals surface area contributed by atoms with Crippen LogP contribution in [-0.4, -0.2) is 21.8 Å². The first kappa shape index (κ1) is 14.3. The molecule has 5 heteroatoms. The molecule has 1 N–H and O–H groups in total. The van der Waals surface area contributed by atoms with Crippen LogP contribution in [0.5, 0.6) is 5.75 Å². The Balaban J connectivity index is 2.30. The quantitative estimate of drug-likeness (QED) is 0.919. The van der Waals surface area contributed by atoms with Gasteiger partial charge in [-0.15, -0.1) is 0 Å². The van der Waals surface area contributed by atoms with E-state index in [1.807, 2.05) is 25.1 Å². The smallest absolute Gasteiger partial charge is 0.253 e. The van der Waals surface area contributed by atoms with Crippen LogP contribution in [0.1, 0.15) is 22.9 Å². The Morgan fingerprint density at radius 3 is 2.75 bits per heavy atom. The van der Waals surface area contributed by atoms with Gasteiger partial charge in [-0.1, -0.05) is 11.6 Å². The van der Waals surface area contributed by atoms with E-state index in [4.69, 9.17) is 4.74 Å². The molecule has 0 aliphatic carbocycles. The van der Waals surface area contributed by atoms with Gasteiger partial charge < -0.3 is 9.84 Å². The Bertz CT molecular complexity index is 664. The third kappa shape index (κ3) is 3.05. The third-order valence-corrected chi connectivity index (χ3v) is 3.13. The molecule has 0 saturated carbocycles. The molecule has 5 nitrogen and oxygen atoms in total. The van der Waals surface area contributed by atoms with E-state index < -0.39 is 6.10 Å². The molecule has 0 aliphatic heterocycles. The molecule has 1 unspecified atom stereocenters. The van der Waals surface area contributed by atoms with Gasteiger partial charge in [-0.3, -0.25) is 9.36 Å². The van der Waals surface area contributed by atoms with Gasteiger partial charge in [0.2, 0.25) is 0 Å². The molecule has 0 fully saturated rings. The number of methoxy groups -OCH3 is 1. The second-order valence-electron chi connectivity index (χ2n) is 4.78. The van der Waals surface area contributed by atoms with Crippen molar-refractivity contribution in [3.05, 3.63) is 57.8 Å². The molecule has 0 amide bonds. The van der Waals surface area contributed by atoms with Crippen LogP contribution < -0.4 is 10.3 Å². The molecule has 0 bridgehead atoms. The molecular formula is C15H18N2O3. The van der Waals surface area contributed by atoms with Crippen molar-refractivity contribution in [3.8, 4) is 5.75 Å². The number of aliphatic hydroxyl groups excluding tert-OH is 1. The summed E-state index contributed by atoms with van der Waals surface area (Å²) in [7, 11) is 1.56. The molecule has 0 saturated heterocycles. The SMILES string of the molecule is COc1ccc(C)cc1C(O)Cn1cnc(C)cc1=O. The number of hydrogen-bond acceptors (Lipinski definition) is 4. The molecule has 20 heavy (non-hydrogen) atoms. The number of benzene rings is 1. The second-order valence-corrected chi connectivity index (χ2v) is 4.78. The topological polar surface area (TPSA) is 64.3 Å². The summed E-state index contributed by atoms with van der Waals surface area (Å²) in [5.41, 5.74) is 2.17. The lowest BCUT2D eigenvalue weighted by Crippen LogP contribution is -2.23. The average Bonchev–Trinajstić information content (AvgIpc) is 2.41. The Morgan fingerprint density at radius 1 is 1.35 bits per heavy atom. The van der Waals surface area contributed by atoms with Gasteiger partial charge in [0.25, 0.3) is 5.56 Å². The Hall–Kier alpha value is -2.14. The molecule has 0 aliphatic rings. The molecule has 0 radical (unpaired) electrons. The van der Waals surface area contributed by atoms with Crippen LogP contribution in [-0.2, 0) is 6.54 Å². The van der Waals surface area contributed by atoms with Crippen LogP contribution in [0, 0.1) is 13.8 Å². The van der Waals surface area contributed by atoms with Crippen LogP contribution in [0.3, 0.4) is 0 Å². The number of hydrogen-bond donors (Lipinski definition) is 1. The summed E-state index contributed by atoms with van der Waals surface area (Å²) >= 11 is 0. The minimum atomic E-state index is -0.827. The number of aromatic nitrogens is 2. The first-order chi connectivity index (χ1) is 9.51. The number of ether oxygens (including phenoxy) is 1. The fourth-order valence-corrected chi connectivity index (χ4v) is 2.05. The predicted molar refractivity (Wildman–Crippen MR) is 75.9 cm³/mol. The maximum Gasteiger partial charge on any atom is 0.253 e. The van der Waals surface area contributed by atoms with Crippen LogP contribution in [0.25, 0.3) is 0 Å². The Labute approximate surface area is 117 Å². The first-order valence-corrected chi connectivity index (χ1v) is 6.37. The molecule has 1 heterocycles. The minimum absolute atomic E-state index is 0.145. The Morgan fingerprint density at radius 2 is 2.10 bits per heavy atom. The number of nitrogens with zero attached hydrogens (tertiary/aromatic N) is 2. The minimum Gasteiger partial charge on any atom is -0.496 e. The lowest BCUT2D eigenvalue weighted by Gasteiger charge is -2.16. The summed E-state index contributed by atoms with van der Waals surface area (Å²) in [5, 5.41) is 10.3. The molecule has 1 aromatic heterocycles. The van der Waals surface area contributed by atoms with Crippen LogP contribution in [0.15, 0.2) is 35.4 Å². The monoisotopic (exact) mass is 274 g/mol. The zero-order chi connectivity index (χ0) is 14.7. The van der Waals surface area contributed by atoms with Crippen molar-refractivity contribution < 1.29 is 9.84 Å². The molecule has 0 spiro atoms. The van der Waals surface area contributed by atoms with Crippen molar-refractivity contribution >= 4 is 0 Å². The Kier molecular flexibility index (Phi) is 4.20. The highest BCUT2D eigenvalue weighted by molar-refractivity contribution is 5.38. The van der Waals surface area contributed by atoms with E-state index >= 15 is 0 Å². The van der Waals surface area contributed by atoms with Gasteiger partial charge >= 0.3 is 0 Å². The third-order valence-electron chi connectivity index (χ3n) is 3.13. The largest absolute Gasteiger partial charge is 0.496 e. The molecule has 2 rings (SSSR count). The lowest BCUT2D eigenvalue weighted by atomic mass is 10.1. The van der Waals surface area contributed by atoms with Gasteiger partial charge in [0.1, 0.15) is 11.9 Å². The van der Waals surface area contributed by atoms with E-state index in [0.717, 1.165) is 5.56 Å². The van der Waals surface area contributed by atoms with E-state index in [-0.39, 0.29) is 12.1 Å². The van der Waals surface area contributed by atoms with Crippen LogP contribution >= 0.6 is 0 Å². The maximum absolute atomic E-state index is 11.8. The van der Waals surface area contributed by atoms with E-state index in [0.29, 0.717) is 17.0 Å². The summed E-state index contributed by atoms with van der Waals surface area (Å²) in [5.74, 6) is 0.608. The van der Waals surface area contributed by atoms with Gasteiger partial charge in [-0.05, 0) is 26.0 Å². The summed E-state index contributed by atoms with van der Waals surface area (Å²) in [6, 6.07) is 7.02. The van der Waals surface area contributed by atoms with Crippen molar-refractivity contribution in [2.24, 2.45) is 0 Å². The van der Waals surface area contributed by atoms with Gasteiger partial charge in [0.15, 0.2) is 0 Å². The van der Waals surface area contributed by atoms with Crippen molar-refractivity contribution in [3.63, 3.8) is 0 Å². The summed E-state index contributed by atoms with van der Waals surface area (Å²) < 4.78 is 6.63. The van der Waals surface area contributed by atoms with Crippen LogP contribution in [0.2, 0.25) is 0 Å². The zero-order valence-electron chi connectivity index (χ0n) is 11.8. The number of aryl methyl sites for hydroxylation is 2. The molecule has 1 atom stereocenters. The van der Waals surface area contributed by atoms with Gasteiger partial charge in [-0.25, -0.2) is 4.98 Å². The van der Waals surface area contributed by atoms with E-state index in [1.165, 1.54) is 17.0 Å². The zero-order valence-corrected chi connectivity index (χ0v) is 11.8. The van der Waals surface area contributed by atoms with E-state index in [9.17, 15) is 9.90 Å². The highest BCUT2D eigenvalue weighted by Crippen LogP contribution is 2.26. The van der Waals surface area contributed by atoms with Gasteiger partial charge in [-0.2, -0.15) is 0 Å². The van der Waals surface area contributed by atoms with Crippen molar-refractivity contribution in [1.82, 2.24) is 9.55 Å². The summed E-state index contributed by atoms with van der Waals surface area (Å²) in [4.78, 5) is 15.9. The molecule has 1 aromatic carbocycles. The van der Waals surface area contributed by atoms with Crippen molar-refractivity contribution in [2.75, 3.05) is 7.11 Å². The summed E-state index contributed by atoms with van der Waals surface area (Å²) in [6.07, 6.45) is 0.621. The molecule has 106 valence electrons. The van der Waals surface area contributed by atoms with Crippen LogP contribution in [0.4, 0.5) is 0 Å². The second kappa shape index (κ2) is 5.88. The van der Waals surface area contributed by atoms with Gasteiger partial charge in [0.05, 0.1) is 20.0 Å². The first-order valence-electron chi connectivity index (χ1n) is 6.37. The number of aliphatic hydroxyl groups is 1. The summed E-state index contributed by atoms with van der Waals surface area (Å²) in [6.45, 7) is 3.84. The molecule has 2 aromatic rings. The fraction of sp³-hybridized carbons (Fsp3) is 0.333. The van der Waals surface area contributed by atoms with Crippen molar-refractivity contribution in [2.45, 2.75) is 26.5 Å². The normalized spacial score (nSPS) is 12.2. The number of rotatable bonds is 4. The predicted octanol–water partition coefficient (Wildman–Crippen LogP) is 1.60. The van der Waals surface area contributed by atoms with Crippen molar-refractivity contribution in [1.29, 1.82) is 0 Å².